The molecule has 2 N–H and O–H groups in total. The van der Waals surface area contributed by atoms with E-state index in [1.54, 1.807) is 6.07 Å². The number of ketones is 1. The number of rotatable bonds is 0. The Morgan fingerprint density at radius 3 is 2.90 bits per heavy atom. The lowest BCUT2D eigenvalue weighted by Crippen LogP contribution is -2.44. The number of Topliss-reactive ketones (excluding diaryl/α,β-unsaturated/α-hetero) is 1. The van der Waals surface area contributed by atoms with Crippen molar-refractivity contribution in [3.63, 3.8) is 0 Å². The molecule has 21 heavy (non-hydrogen) atoms. The van der Waals surface area contributed by atoms with Gasteiger partial charge in [-0.15, -0.1) is 0 Å². The van der Waals surface area contributed by atoms with E-state index >= 15 is 0 Å². The number of carbonyl (C=O) groups is 1. The van der Waals surface area contributed by atoms with Crippen molar-refractivity contribution >= 4 is 5.78 Å². The van der Waals surface area contributed by atoms with Crippen molar-refractivity contribution in [3.8, 4) is 5.75 Å². The second-order valence-electron chi connectivity index (χ2n) is 7.42. The molecule has 0 radical (unpaired) electrons. The summed E-state index contributed by atoms with van der Waals surface area (Å²) in [5.41, 5.74) is 2.41. The first-order chi connectivity index (χ1) is 10.0. The van der Waals surface area contributed by atoms with Crippen LogP contribution in [0.2, 0.25) is 0 Å². The molecule has 3 aliphatic rings. The Balaban J connectivity index is 1.73. The first kappa shape index (κ1) is 13.3. The SMILES string of the molecule is C[C@]12CC[C@@H]3c4ccc(O)cc4CC[C@H]3[C@@H]1CC(=O)C2O. The number of phenols is 1. The minimum absolute atomic E-state index is 0.0413. The molecule has 0 amide bonds. The highest BCUT2D eigenvalue weighted by atomic mass is 16.3. The lowest BCUT2D eigenvalue weighted by atomic mass is 9.55. The summed E-state index contributed by atoms with van der Waals surface area (Å²) in [5.74, 6) is 1.70. The summed E-state index contributed by atoms with van der Waals surface area (Å²) in [7, 11) is 0. The third-order valence-electron chi connectivity index (χ3n) is 6.50. The number of aryl methyl sites for hydroxylation is 1. The topological polar surface area (TPSA) is 57.5 Å². The zero-order valence-electron chi connectivity index (χ0n) is 12.4. The maximum absolute atomic E-state index is 12.0. The largest absolute Gasteiger partial charge is 0.508 e. The van der Waals surface area contributed by atoms with E-state index < -0.39 is 6.10 Å². The molecule has 0 bridgehead atoms. The van der Waals surface area contributed by atoms with E-state index in [4.69, 9.17) is 0 Å². The Hall–Kier alpha value is -1.35. The van der Waals surface area contributed by atoms with Gasteiger partial charge in [0, 0.05) is 11.8 Å². The molecule has 0 aliphatic heterocycles. The first-order valence-electron chi connectivity index (χ1n) is 8.03. The molecule has 5 atom stereocenters. The monoisotopic (exact) mass is 286 g/mol. The summed E-state index contributed by atoms with van der Waals surface area (Å²) in [6, 6.07) is 5.75. The van der Waals surface area contributed by atoms with Crippen LogP contribution < -0.4 is 0 Å². The summed E-state index contributed by atoms with van der Waals surface area (Å²) < 4.78 is 0. The maximum Gasteiger partial charge on any atom is 0.162 e. The second kappa shape index (κ2) is 4.33. The Bertz CT molecular complexity index is 608. The quantitative estimate of drug-likeness (QED) is 0.771. The standard InChI is InChI=1S/C18H22O3/c1-18-7-6-13-12-5-3-11(19)8-10(12)2-4-14(13)15(18)9-16(20)17(18)21/h3,5,8,13-15,17,19,21H,2,4,6-7,9H2,1H3/t13-,14-,15+,17?,18+/m1/s1. The molecule has 1 unspecified atom stereocenters. The molecular weight excluding hydrogens is 264 g/mol. The smallest absolute Gasteiger partial charge is 0.162 e. The van der Waals surface area contributed by atoms with Crippen LogP contribution in [0.1, 0.15) is 49.7 Å². The maximum atomic E-state index is 12.0. The van der Waals surface area contributed by atoms with Crippen molar-refractivity contribution in [2.24, 2.45) is 17.3 Å². The molecule has 3 heteroatoms. The number of aromatic hydroxyl groups is 1. The van der Waals surface area contributed by atoms with Crippen LogP contribution in [0, 0.1) is 17.3 Å². The minimum atomic E-state index is -0.760. The summed E-state index contributed by atoms with van der Waals surface area (Å²) in [6.07, 6.45) is 3.80. The molecule has 3 aliphatic carbocycles. The van der Waals surface area contributed by atoms with Crippen molar-refractivity contribution in [3.05, 3.63) is 29.3 Å². The predicted molar refractivity (Wildman–Crippen MR) is 79.1 cm³/mol. The molecule has 112 valence electrons. The van der Waals surface area contributed by atoms with Gasteiger partial charge in [0.1, 0.15) is 11.9 Å². The zero-order valence-corrected chi connectivity index (χ0v) is 12.4. The predicted octanol–water partition coefficient (Wildman–Crippen LogP) is 2.79. The van der Waals surface area contributed by atoms with Crippen LogP contribution in [0.3, 0.4) is 0 Å². The summed E-state index contributed by atoms with van der Waals surface area (Å²) >= 11 is 0. The van der Waals surface area contributed by atoms with Crippen LogP contribution in [0.25, 0.3) is 0 Å². The third kappa shape index (κ3) is 1.73. The minimum Gasteiger partial charge on any atom is -0.508 e. The number of fused-ring (bicyclic) bond motifs is 5. The molecule has 0 aromatic heterocycles. The van der Waals surface area contributed by atoms with E-state index in [9.17, 15) is 15.0 Å². The Labute approximate surface area is 125 Å². The molecule has 0 heterocycles. The van der Waals surface area contributed by atoms with Crippen molar-refractivity contribution in [1.82, 2.24) is 0 Å². The third-order valence-corrected chi connectivity index (χ3v) is 6.50. The van der Waals surface area contributed by atoms with E-state index in [2.05, 4.69) is 13.0 Å². The van der Waals surface area contributed by atoms with Crippen LogP contribution in [0.5, 0.6) is 5.75 Å². The van der Waals surface area contributed by atoms with Gasteiger partial charge in [-0.3, -0.25) is 4.79 Å². The highest BCUT2D eigenvalue weighted by molar-refractivity contribution is 5.86. The van der Waals surface area contributed by atoms with Gasteiger partial charge in [0.2, 0.25) is 0 Å². The van der Waals surface area contributed by atoms with Crippen LogP contribution in [-0.2, 0) is 11.2 Å². The fourth-order valence-electron chi connectivity index (χ4n) is 5.34. The fraction of sp³-hybridized carbons (Fsp3) is 0.611. The number of hydrogen-bond donors (Lipinski definition) is 2. The summed E-state index contributed by atoms with van der Waals surface area (Å²) in [6.45, 7) is 2.11. The first-order valence-corrected chi connectivity index (χ1v) is 8.03. The summed E-state index contributed by atoms with van der Waals surface area (Å²) in [5, 5.41) is 20.0. The van der Waals surface area contributed by atoms with Crippen molar-refractivity contribution in [2.45, 2.75) is 51.0 Å². The number of benzene rings is 1. The molecular formula is C18H22O3. The number of carbonyl (C=O) groups excluding carboxylic acids is 1. The zero-order chi connectivity index (χ0) is 14.8. The molecule has 1 aromatic carbocycles. The molecule has 0 saturated heterocycles. The van der Waals surface area contributed by atoms with E-state index in [1.807, 2.05) is 6.07 Å². The van der Waals surface area contributed by atoms with E-state index in [-0.39, 0.29) is 11.2 Å². The van der Waals surface area contributed by atoms with Gasteiger partial charge in [-0.1, -0.05) is 13.0 Å². The second-order valence-corrected chi connectivity index (χ2v) is 7.42. The lowest BCUT2D eigenvalue weighted by molar-refractivity contribution is -0.128. The van der Waals surface area contributed by atoms with Crippen LogP contribution >= 0.6 is 0 Å². The molecule has 3 nitrogen and oxygen atoms in total. The summed E-state index contributed by atoms with van der Waals surface area (Å²) in [4.78, 5) is 12.0. The fourth-order valence-corrected chi connectivity index (χ4v) is 5.34. The van der Waals surface area contributed by atoms with E-state index in [0.717, 1.165) is 25.7 Å². The Morgan fingerprint density at radius 1 is 1.29 bits per heavy atom. The highest BCUT2D eigenvalue weighted by Crippen LogP contribution is 2.60. The molecule has 2 fully saturated rings. The average molecular weight is 286 g/mol. The van der Waals surface area contributed by atoms with Crippen LogP contribution in [0.4, 0.5) is 0 Å². The number of aliphatic hydroxyl groups is 1. The number of phenolic OH excluding ortho intramolecular Hbond substituents is 1. The lowest BCUT2D eigenvalue weighted by Gasteiger charge is -2.49. The van der Waals surface area contributed by atoms with Crippen molar-refractivity contribution in [1.29, 1.82) is 0 Å². The van der Waals surface area contributed by atoms with Gasteiger partial charge in [-0.25, -0.2) is 0 Å². The normalized spacial score (nSPS) is 41.3. The number of aliphatic hydroxyl groups excluding tert-OH is 1. The Morgan fingerprint density at radius 2 is 2.10 bits per heavy atom. The van der Waals surface area contributed by atoms with Crippen molar-refractivity contribution < 1.29 is 15.0 Å². The number of hydrogen-bond acceptors (Lipinski definition) is 3. The Kier molecular flexibility index (Phi) is 2.74. The van der Waals surface area contributed by atoms with Crippen LogP contribution in [0.15, 0.2) is 18.2 Å². The molecule has 4 rings (SSSR count). The molecule has 2 saturated carbocycles. The molecule has 1 aromatic rings. The average Bonchev–Trinajstić information content (AvgIpc) is 2.70. The van der Waals surface area contributed by atoms with Gasteiger partial charge in [0.15, 0.2) is 5.78 Å². The van der Waals surface area contributed by atoms with Crippen LogP contribution in [-0.4, -0.2) is 22.1 Å². The van der Waals surface area contributed by atoms with Gasteiger partial charge in [-0.2, -0.15) is 0 Å². The highest BCUT2D eigenvalue weighted by Gasteiger charge is 2.57. The van der Waals surface area contributed by atoms with Crippen molar-refractivity contribution in [2.75, 3.05) is 0 Å². The van der Waals surface area contributed by atoms with E-state index in [1.165, 1.54) is 11.1 Å². The van der Waals surface area contributed by atoms with Gasteiger partial charge in [-0.05, 0) is 66.7 Å². The van der Waals surface area contributed by atoms with E-state index in [0.29, 0.717) is 29.9 Å². The van der Waals surface area contributed by atoms with Gasteiger partial charge in [0.25, 0.3) is 0 Å². The molecule has 0 spiro atoms. The van der Waals surface area contributed by atoms with Gasteiger partial charge >= 0.3 is 0 Å². The van der Waals surface area contributed by atoms with Gasteiger partial charge in [0.05, 0.1) is 0 Å². The van der Waals surface area contributed by atoms with Gasteiger partial charge < -0.3 is 10.2 Å².